The van der Waals surface area contributed by atoms with Crippen molar-refractivity contribution >= 4 is 10.9 Å². The van der Waals surface area contributed by atoms with Crippen LogP contribution < -0.4 is 5.56 Å². The van der Waals surface area contributed by atoms with Crippen LogP contribution >= 0.6 is 0 Å². The molecular weight excluding hydrogens is 398 g/mol. The Hall–Kier alpha value is -3.64. The third-order valence-electron chi connectivity index (χ3n) is 5.46. The Morgan fingerprint density at radius 1 is 1.32 bits per heavy atom. The first-order valence-corrected chi connectivity index (χ1v) is 9.99. The van der Waals surface area contributed by atoms with Crippen LogP contribution in [0.1, 0.15) is 54.3 Å². The van der Waals surface area contributed by atoms with Gasteiger partial charge >= 0.3 is 0 Å². The first-order valence-electron chi connectivity index (χ1n) is 9.99. The molecule has 158 valence electrons. The van der Waals surface area contributed by atoms with Gasteiger partial charge in [-0.2, -0.15) is 0 Å². The summed E-state index contributed by atoms with van der Waals surface area (Å²) in [6.45, 7) is 5.13. The molecule has 0 radical (unpaired) electrons. The van der Waals surface area contributed by atoms with Gasteiger partial charge in [0.25, 0.3) is 5.56 Å². The zero-order valence-electron chi connectivity index (χ0n) is 17.6. The van der Waals surface area contributed by atoms with Gasteiger partial charge in [0.05, 0.1) is 11.1 Å². The van der Waals surface area contributed by atoms with E-state index in [9.17, 15) is 9.90 Å². The highest BCUT2D eigenvalue weighted by molar-refractivity contribution is 5.99. The van der Waals surface area contributed by atoms with Crippen molar-refractivity contribution in [2.75, 3.05) is 0 Å². The zero-order chi connectivity index (χ0) is 21.9. The second-order valence-corrected chi connectivity index (χ2v) is 8.20. The lowest BCUT2D eigenvalue weighted by molar-refractivity contribution is 0.112. The molecule has 0 aromatic carbocycles. The Balaban J connectivity index is 1.70. The molecule has 4 aromatic rings. The molecule has 1 unspecified atom stereocenters. The SMILES string of the molecule is Cc1cc(C(C)(O)C#Cc2cn(C)c(=O)c3[nH]c(C)c(-c4nnc(C5CC5)o4)c23)no1. The molecule has 1 aliphatic carbocycles. The monoisotopic (exact) mass is 419 g/mol. The standard InChI is InChI=1S/C22H21N5O4/c1-11-9-15(26-31-11)22(3,29)8-7-14-10-27(4)21(28)18-17(14)16(12(2)23-18)20-25-24-19(30-20)13-5-6-13/h9-10,13,23,29H,5-6H2,1-4H3. The fourth-order valence-corrected chi connectivity index (χ4v) is 3.59. The highest BCUT2D eigenvalue weighted by Gasteiger charge is 2.31. The lowest BCUT2D eigenvalue weighted by Crippen LogP contribution is -2.19. The minimum atomic E-state index is -1.53. The van der Waals surface area contributed by atoms with Crippen LogP contribution in [0, 0.1) is 25.7 Å². The minimum absolute atomic E-state index is 0.198. The predicted octanol–water partition coefficient (Wildman–Crippen LogP) is 2.66. The number of H-pyrrole nitrogens is 1. The van der Waals surface area contributed by atoms with Crippen molar-refractivity contribution in [3.63, 3.8) is 0 Å². The maximum atomic E-state index is 12.8. The van der Waals surface area contributed by atoms with Crippen LogP contribution in [0.5, 0.6) is 0 Å². The normalized spacial score (nSPS) is 15.6. The molecule has 9 heteroatoms. The Kier molecular flexibility index (Phi) is 4.17. The molecule has 0 spiro atoms. The molecule has 1 aliphatic rings. The number of aromatic nitrogens is 5. The number of aromatic amines is 1. The summed E-state index contributed by atoms with van der Waals surface area (Å²) in [7, 11) is 1.65. The summed E-state index contributed by atoms with van der Waals surface area (Å²) >= 11 is 0. The molecule has 0 amide bonds. The highest BCUT2D eigenvalue weighted by atomic mass is 16.5. The second kappa shape index (κ2) is 6.68. The van der Waals surface area contributed by atoms with E-state index in [0.29, 0.717) is 51.2 Å². The van der Waals surface area contributed by atoms with Gasteiger partial charge in [-0.25, -0.2) is 0 Å². The summed E-state index contributed by atoms with van der Waals surface area (Å²) in [6.07, 6.45) is 3.72. The number of nitrogens with zero attached hydrogens (tertiary/aromatic N) is 4. The van der Waals surface area contributed by atoms with Crippen molar-refractivity contribution in [3.05, 3.63) is 51.2 Å². The third-order valence-corrected chi connectivity index (χ3v) is 5.46. The molecule has 9 nitrogen and oxygen atoms in total. The average Bonchev–Trinajstić information content (AvgIpc) is 3.12. The summed E-state index contributed by atoms with van der Waals surface area (Å²) in [5.74, 6) is 7.73. The molecule has 4 aromatic heterocycles. The maximum absolute atomic E-state index is 12.8. The summed E-state index contributed by atoms with van der Waals surface area (Å²) in [4.78, 5) is 15.9. The van der Waals surface area contributed by atoms with Gasteiger partial charge in [-0.05, 0) is 33.6 Å². The number of rotatable bonds is 3. The maximum Gasteiger partial charge on any atom is 0.274 e. The molecular formula is C22H21N5O4. The number of hydrogen-bond acceptors (Lipinski definition) is 7. The number of fused-ring (bicyclic) bond motifs is 1. The van der Waals surface area contributed by atoms with Crippen molar-refractivity contribution in [1.29, 1.82) is 0 Å². The van der Waals surface area contributed by atoms with Crippen LogP contribution in [0.15, 0.2) is 26.0 Å². The average molecular weight is 419 g/mol. The first kappa shape index (κ1) is 19.3. The van der Waals surface area contributed by atoms with E-state index in [2.05, 4.69) is 32.2 Å². The van der Waals surface area contributed by atoms with E-state index in [0.717, 1.165) is 18.5 Å². The van der Waals surface area contributed by atoms with Gasteiger partial charge in [0.2, 0.25) is 11.8 Å². The van der Waals surface area contributed by atoms with Crippen LogP contribution in [-0.2, 0) is 12.6 Å². The van der Waals surface area contributed by atoms with E-state index in [1.165, 1.54) is 4.57 Å². The van der Waals surface area contributed by atoms with Crippen molar-refractivity contribution in [1.82, 2.24) is 24.9 Å². The van der Waals surface area contributed by atoms with Crippen molar-refractivity contribution < 1.29 is 14.0 Å². The predicted molar refractivity (Wildman–Crippen MR) is 111 cm³/mol. The minimum Gasteiger partial charge on any atom is -0.420 e. The highest BCUT2D eigenvalue weighted by Crippen LogP contribution is 2.41. The van der Waals surface area contributed by atoms with E-state index >= 15 is 0 Å². The molecule has 1 saturated carbocycles. The van der Waals surface area contributed by atoms with E-state index in [-0.39, 0.29) is 5.56 Å². The second-order valence-electron chi connectivity index (χ2n) is 8.20. The zero-order valence-corrected chi connectivity index (χ0v) is 17.6. The van der Waals surface area contributed by atoms with E-state index in [1.54, 1.807) is 33.2 Å². The van der Waals surface area contributed by atoms with Crippen LogP contribution in [0.4, 0.5) is 0 Å². The van der Waals surface area contributed by atoms with E-state index in [4.69, 9.17) is 8.94 Å². The molecule has 2 N–H and O–H groups in total. The van der Waals surface area contributed by atoms with Gasteiger partial charge in [-0.15, -0.1) is 10.2 Å². The number of nitrogens with one attached hydrogen (secondary N) is 1. The van der Waals surface area contributed by atoms with E-state index < -0.39 is 5.60 Å². The first-order chi connectivity index (χ1) is 14.7. The van der Waals surface area contributed by atoms with Crippen molar-refractivity contribution in [2.24, 2.45) is 7.05 Å². The van der Waals surface area contributed by atoms with Crippen molar-refractivity contribution in [3.8, 4) is 23.3 Å². The summed E-state index contributed by atoms with van der Waals surface area (Å²) in [5, 5.41) is 23.6. The number of pyridine rings is 1. The van der Waals surface area contributed by atoms with Gasteiger partial charge in [0.1, 0.15) is 17.0 Å². The quantitative estimate of drug-likeness (QED) is 0.489. The van der Waals surface area contributed by atoms with Crippen LogP contribution in [-0.4, -0.2) is 30.0 Å². The van der Waals surface area contributed by atoms with Crippen molar-refractivity contribution in [2.45, 2.75) is 45.1 Å². The van der Waals surface area contributed by atoms with Crippen LogP contribution in [0.3, 0.4) is 0 Å². The number of aryl methyl sites for hydroxylation is 3. The number of hydrogen-bond donors (Lipinski definition) is 2. The molecule has 0 saturated heterocycles. The van der Waals surface area contributed by atoms with Gasteiger partial charge in [0.15, 0.2) is 5.60 Å². The molecule has 31 heavy (non-hydrogen) atoms. The fraction of sp³-hybridized carbons (Fsp3) is 0.364. The lowest BCUT2D eigenvalue weighted by Gasteiger charge is -2.11. The Morgan fingerprint density at radius 2 is 2.10 bits per heavy atom. The smallest absolute Gasteiger partial charge is 0.274 e. The summed E-state index contributed by atoms with van der Waals surface area (Å²) in [6, 6.07) is 1.63. The van der Waals surface area contributed by atoms with Crippen LogP contribution in [0.25, 0.3) is 22.4 Å². The van der Waals surface area contributed by atoms with Gasteiger partial charge < -0.3 is 23.6 Å². The van der Waals surface area contributed by atoms with Gasteiger partial charge in [-0.3, -0.25) is 4.79 Å². The largest absolute Gasteiger partial charge is 0.420 e. The molecule has 1 fully saturated rings. The molecule has 1 atom stereocenters. The van der Waals surface area contributed by atoms with Gasteiger partial charge in [0, 0.05) is 36.3 Å². The third kappa shape index (κ3) is 3.25. The molecule has 5 rings (SSSR count). The van der Waals surface area contributed by atoms with Gasteiger partial charge in [-0.1, -0.05) is 17.0 Å². The van der Waals surface area contributed by atoms with Crippen LogP contribution in [0.2, 0.25) is 0 Å². The summed E-state index contributed by atoms with van der Waals surface area (Å²) in [5.41, 5.74) is 0.895. The topological polar surface area (TPSA) is 123 Å². The Bertz CT molecular complexity index is 1440. The molecule has 0 aliphatic heterocycles. The Labute approximate surface area is 177 Å². The van der Waals surface area contributed by atoms with E-state index in [1.807, 2.05) is 6.92 Å². The fourth-order valence-electron chi connectivity index (χ4n) is 3.59. The number of aliphatic hydroxyl groups is 1. The Morgan fingerprint density at radius 3 is 2.77 bits per heavy atom. The molecule has 0 bridgehead atoms. The summed E-state index contributed by atoms with van der Waals surface area (Å²) < 4.78 is 12.4. The molecule has 4 heterocycles. The lowest BCUT2D eigenvalue weighted by atomic mass is 10.0.